The number of hydrogen-bond acceptors (Lipinski definition) is 2. The molecule has 2 heteroatoms. The van der Waals surface area contributed by atoms with E-state index in [2.05, 4.69) is 38.2 Å². The van der Waals surface area contributed by atoms with Crippen LogP contribution in [0.25, 0.3) is 0 Å². The lowest BCUT2D eigenvalue weighted by Gasteiger charge is -2.34. The molecule has 96 valence electrons. The molecule has 0 aromatic rings. The minimum Gasteiger partial charge on any atom is -0.314 e. The standard InChI is InChI=1S/C14H30N2/c1-12-8-7-9-14(13(12)2)15-10-5-6-11-16(3)4/h12-15H,5-11H2,1-4H3. The first-order valence-corrected chi connectivity index (χ1v) is 6.99. The fraction of sp³-hybridized carbons (Fsp3) is 1.00. The average Bonchev–Trinajstić information content (AvgIpc) is 2.23. The second-order valence-electron chi connectivity index (χ2n) is 5.84. The van der Waals surface area contributed by atoms with Gasteiger partial charge in [0, 0.05) is 6.04 Å². The quantitative estimate of drug-likeness (QED) is 0.701. The molecule has 2 nitrogen and oxygen atoms in total. The molecule has 0 radical (unpaired) electrons. The van der Waals surface area contributed by atoms with Gasteiger partial charge in [-0.15, -0.1) is 0 Å². The number of nitrogens with zero attached hydrogens (tertiary/aromatic N) is 1. The van der Waals surface area contributed by atoms with Gasteiger partial charge in [0.2, 0.25) is 0 Å². The van der Waals surface area contributed by atoms with Crippen molar-refractivity contribution in [2.45, 2.75) is 52.0 Å². The summed E-state index contributed by atoms with van der Waals surface area (Å²) in [5.74, 6) is 1.77. The van der Waals surface area contributed by atoms with Gasteiger partial charge in [-0.3, -0.25) is 0 Å². The Morgan fingerprint density at radius 3 is 2.56 bits per heavy atom. The molecule has 1 aliphatic carbocycles. The van der Waals surface area contributed by atoms with Crippen LogP contribution < -0.4 is 5.32 Å². The molecule has 0 aromatic heterocycles. The van der Waals surface area contributed by atoms with E-state index in [1.807, 2.05) is 0 Å². The first kappa shape index (κ1) is 14.0. The molecule has 0 saturated heterocycles. The van der Waals surface area contributed by atoms with E-state index in [0.717, 1.165) is 17.9 Å². The van der Waals surface area contributed by atoms with Gasteiger partial charge in [-0.2, -0.15) is 0 Å². The van der Waals surface area contributed by atoms with E-state index >= 15 is 0 Å². The third kappa shape index (κ3) is 4.84. The molecule has 0 aliphatic heterocycles. The molecule has 1 N–H and O–H groups in total. The predicted molar refractivity (Wildman–Crippen MR) is 71.8 cm³/mol. The highest BCUT2D eigenvalue weighted by molar-refractivity contribution is 4.81. The van der Waals surface area contributed by atoms with E-state index in [0.29, 0.717) is 0 Å². The second kappa shape index (κ2) is 7.29. The summed E-state index contributed by atoms with van der Waals surface area (Å²) in [5, 5.41) is 3.76. The van der Waals surface area contributed by atoms with Crippen molar-refractivity contribution in [2.24, 2.45) is 11.8 Å². The van der Waals surface area contributed by atoms with Crippen LogP contribution in [0.4, 0.5) is 0 Å². The van der Waals surface area contributed by atoms with E-state index in [1.165, 1.54) is 45.2 Å². The van der Waals surface area contributed by atoms with Crippen LogP contribution in [-0.4, -0.2) is 38.1 Å². The predicted octanol–water partition coefficient (Wildman–Crippen LogP) is 2.74. The summed E-state index contributed by atoms with van der Waals surface area (Å²) in [6.45, 7) is 7.25. The zero-order valence-electron chi connectivity index (χ0n) is 11.6. The lowest BCUT2D eigenvalue weighted by Crippen LogP contribution is -2.41. The Kier molecular flexibility index (Phi) is 6.37. The lowest BCUT2D eigenvalue weighted by atomic mass is 9.78. The minimum absolute atomic E-state index is 0.781. The van der Waals surface area contributed by atoms with Crippen LogP contribution in [-0.2, 0) is 0 Å². The van der Waals surface area contributed by atoms with E-state index < -0.39 is 0 Å². The van der Waals surface area contributed by atoms with Crippen molar-refractivity contribution in [3.63, 3.8) is 0 Å². The number of rotatable bonds is 6. The largest absolute Gasteiger partial charge is 0.314 e. The molecule has 0 amide bonds. The minimum atomic E-state index is 0.781. The normalized spacial score (nSPS) is 30.9. The maximum atomic E-state index is 3.76. The molecule has 0 bridgehead atoms. The zero-order valence-corrected chi connectivity index (χ0v) is 11.6. The maximum Gasteiger partial charge on any atom is 0.00952 e. The van der Waals surface area contributed by atoms with E-state index in [9.17, 15) is 0 Å². The zero-order chi connectivity index (χ0) is 12.0. The summed E-state index contributed by atoms with van der Waals surface area (Å²) in [6.07, 6.45) is 6.87. The van der Waals surface area contributed by atoms with E-state index in [4.69, 9.17) is 0 Å². The van der Waals surface area contributed by atoms with Crippen molar-refractivity contribution in [1.82, 2.24) is 10.2 Å². The van der Waals surface area contributed by atoms with Crippen molar-refractivity contribution in [2.75, 3.05) is 27.2 Å². The van der Waals surface area contributed by atoms with Crippen LogP contribution in [0.3, 0.4) is 0 Å². The fourth-order valence-electron chi connectivity index (χ4n) is 2.71. The fourth-order valence-corrected chi connectivity index (χ4v) is 2.71. The average molecular weight is 226 g/mol. The smallest absolute Gasteiger partial charge is 0.00952 e. The summed E-state index contributed by atoms with van der Waals surface area (Å²) in [6, 6.07) is 0.781. The van der Waals surface area contributed by atoms with Crippen molar-refractivity contribution < 1.29 is 0 Å². The second-order valence-corrected chi connectivity index (χ2v) is 5.84. The Bertz CT molecular complexity index is 180. The van der Waals surface area contributed by atoms with Gasteiger partial charge in [-0.05, 0) is 58.3 Å². The third-order valence-corrected chi connectivity index (χ3v) is 4.15. The summed E-state index contributed by atoms with van der Waals surface area (Å²) in [7, 11) is 4.30. The Labute approximate surface area is 102 Å². The molecule has 1 saturated carbocycles. The molecule has 1 aliphatic rings. The van der Waals surface area contributed by atoms with Crippen LogP contribution in [0.15, 0.2) is 0 Å². The third-order valence-electron chi connectivity index (χ3n) is 4.15. The molecular formula is C14H30N2. The molecular weight excluding hydrogens is 196 g/mol. The van der Waals surface area contributed by atoms with Gasteiger partial charge in [-0.1, -0.05) is 26.7 Å². The molecule has 16 heavy (non-hydrogen) atoms. The SMILES string of the molecule is CC1CCCC(NCCCCN(C)C)C1C. The molecule has 0 heterocycles. The number of hydrogen-bond donors (Lipinski definition) is 1. The summed E-state index contributed by atoms with van der Waals surface area (Å²) in [5.41, 5.74) is 0. The Morgan fingerprint density at radius 2 is 1.88 bits per heavy atom. The van der Waals surface area contributed by atoms with Gasteiger partial charge in [0.25, 0.3) is 0 Å². The topological polar surface area (TPSA) is 15.3 Å². The van der Waals surface area contributed by atoms with Crippen LogP contribution in [0.1, 0.15) is 46.0 Å². The van der Waals surface area contributed by atoms with Crippen LogP contribution >= 0.6 is 0 Å². The van der Waals surface area contributed by atoms with Gasteiger partial charge in [0.15, 0.2) is 0 Å². The van der Waals surface area contributed by atoms with Crippen molar-refractivity contribution >= 4 is 0 Å². The summed E-state index contributed by atoms with van der Waals surface area (Å²) < 4.78 is 0. The Morgan fingerprint density at radius 1 is 1.12 bits per heavy atom. The first-order valence-electron chi connectivity index (χ1n) is 6.99. The van der Waals surface area contributed by atoms with Crippen LogP contribution in [0, 0.1) is 11.8 Å². The van der Waals surface area contributed by atoms with Crippen molar-refractivity contribution in [1.29, 1.82) is 0 Å². The monoisotopic (exact) mass is 226 g/mol. The highest BCUT2D eigenvalue weighted by Gasteiger charge is 2.26. The van der Waals surface area contributed by atoms with Gasteiger partial charge in [0.1, 0.15) is 0 Å². The summed E-state index contributed by atoms with van der Waals surface area (Å²) in [4.78, 5) is 2.27. The van der Waals surface area contributed by atoms with Crippen LogP contribution in [0.5, 0.6) is 0 Å². The first-order chi connectivity index (χ1) is 7.61. The van der Waals surface area contributed by atoms with Gasteiger partial charge in [-0.25, -0.2) is 0 Å². The van der Waals surface area contributed by atoms with Crippen molar-refractivity contribution in [3.05, 3.63) is 0 Å². The van der Waals surface area contributed by atoms with Gasteiger partial charge < -0.3 is 10.2 Å². The highest BCUT2D eigenvalue weighted by Crippen LogP contribution is 2.29. The summed E-state index contributed by atoms with van der Waals surface area (Å²) >= 11 is 0. The molecule has 1 rings (SSSR count). The van der Waals surface area contributed by atoms with Crippen molar-refractivity contribution in [3.8, 4) is 0 Å². The molecule has 3 atom stereocenters. The van der Waals surface area contributed by atoms with Gasteiger partial charge >= 0.3 is 0 Å². The van der Waals surface area contributed by atoms with Crippen LogP contribution in [0.2, 0.25) is 0 Å². The maximum absolute atomic E-state index is 3.76. The molecule has 1 fully saturated rings. The van der Waals surface area contributed by atoms with Gasteiger partial charge in [0.05, 0.1) is 0 Å². The Balaban J connectivity index is 2.07. The molecule has 0 spiro atoms. The molecule has 0 aromatic carbocycles. The molecule has 3 unspecified atom stereocenters. The highest BCUT2D eigenvalue weighted by atomic mass is 15.0. The van der Waals surface area contributed by atoms with E-state index in [1.54, 1.807) is 0 Å². The number of unbranched alkanes of at least 4 members (excludes halogenated alkanes) is 1. The lowest BCUT2D eigenvalue weighted by molar-refractivity contribution is 0.206. The number of nitrogens with one attached hydrogen (secondary N) is 1. The van der Waals surface area contributed by atoms with E-state index in [-0.39, 0.29) is 0 Å². The Hall–Kier alpha value is -0.0800.